The van der Waals surface area contributed by atoms with Gasteiger partial charge in [0.15, 0.2) is 6.20 Å². The first kappa shape index (κ1) is 12.9. The van der Waals surface area contributed by atoms with Gasteiger partial charge in [-0.1, -0.05) is 42.5 Å². The van der Waals surface area contributed by atoms with Crippen LogP contribution in [0.1, 0.15) is 10.4 Å². The van der Waals surface area contributed by atoms with Crippen molar-refractivity contribution in [1.29, 1.82) is 0 Å². The van der Waals surface area contributed by atoms with Gasteiger partial charge in [-0.25, -0.2) is 0 Å². The maximum absolute atomic E-state index is 12.3. The van der Waals surface area contributed by atoms with Crippen molar-refractivity contribution in [1.82, 2.24) is 0 Å². The minimum atomic E-state index is 0.104. The van der Waals surface area contributed by atoms with Crippen LogP contribution >= 0.6 is 12.6 Å². The smallest absolute Gasteiger partial charge is 0.227 e. The number of fused-ring (bicyclic) bond motifs is 1. The summed E-state index contributed by atoms with van der Waals surface area (Å²) < 4.78 is 1.96. The minimum Gasteiger partial charge on any atom is -0.287 e. The quantitative estimate of drug-likeness (QED) is 0.443. The average molecular weight is 280 g/mol. The normalized spacial score (nSPS) is 10.7. The number of ketones is 1. The molecule has 0 radical (unpaired) electrons. The molecule has 98 valence electrons. The highest BCUT2D eigenvalue weighted by Gasteiger charge is 2.15. The molecule has 0 spiro atoms. The standard InChI is InChI=1S/C17H13NOS/c19-16(13-6-2-1-3-7-13)12-18-11-10-17(20)14-8-4-5-9-15(14)18/h1-11H,12H2/p+1. The van der Waals surface area contributed by atoms with Gasteiger partial charge in [0, 0.05) is 22.6 Å². The number of hydrogen-bond acceptors (Lipinski definition) is 2. The van der Waals surface area contributed by atoms with Crippen LogP contribution in [0.2, 0.25) is 0 Å². The molecule has 0 aliphatic carbocycles. The summed E-state index contributed by atoms with van der Waals surface area (Å²) in [5.74, 6) is 0.104. The molecule has 3 rings (SSSR count). The van der Waals surface area contributed by atoms with Crippen LogP contribution in [0.15, 0.2) is 71.8 Å². The summed E-state index contributed by atoms with van der Waals surface area (Å²) in [6.45, 7) is 0.332. The van der Waals surface area contributed by atoms with Crippen LogP contribution in [-0.4, -0.2) is 5.78 Å². The Labute approximate surface area is 123 Å². The molecule has 0 atom stereocenters. The Morgan fingerprint density at radius 2 is 1.65 bits per heavy atom. The lowest BCUT2D eigenvalue weighted by Gasteiger charge is -2.03. The Morgan fingerprint density at radius 3 is 2.45 bits per heavy atom. The summed E-state index contributed by atoms with van der Waals surface area (Å²) in [5, 5.41) is 1.05. The number of pyridine rings is 1. The fourth-order valence-electron chi connectivity index (χ4n) is 2.28. The summed E-state index contributed by atoms with van der Waals surface area (Å²) in [7, 11) is 0. The number of nitrogens with zero attached hydrogens (tertiary/aromatic N) is 1. The van der Waals surface area contributed by atoms with E-state index in [4.69, 9.17) is 0 Å². The molecule has 2 nitrogen and oxygen atoms in total. The number of hydrogen-bond donors (Lipinski definition) is 1. The van der Waals surface area contributed by atoms with Gasteiger partial charge in [0.1, 0.15) is 0 Å². The van der Waals surface area contributed by atoms with E-state index in [1.54, 1.807) is 0 Å². The van der Waals surface area contributed by atoms with Crippen LogP contribution < -0.4 is 4.57 Å². The molecular formula is C17H14NOS+. The molecular weight excluding hydrogens is 266 g/mol. The number of para-hydroxylation sites is 1. The van der Waals surface area contributed by atoms with Crippen LogP contribution in [0.4, 0.5) is 0 Å². The van der Waals surface area contributed by atoms with E-state index in [0.29, 0.717) is 6.54 Å². The van der Waals surface area contributed by atoms with Crippen molar-refractivity contribution >= 4 is 29.3 Å². The van der Waals surface area contributed by atoms with Gasteiger partial charge in [-0.15, -0.1) is 12.6 Å². The third-order valence-electron chi connectivity index (χ3n) is 3.31. The molecule has 1 heterocycles. The van der Waals surface area contributed by atoms with Gasteiger partial charge in [-0.2, -0.15) is 4.57 Å². The third-order valence-corrected chi connectivity index (χ3v) is 3.70. The molecule has 0 amide bonds. The monoisotopic (exact) mass is 280 g/mol. The fourth-order valence-corrected chi connectivity index (χ4v) is 2.54. The van der Waals surface area contributed by atoms with E-state index in [9.17, 15) is 4.79 Å². The molecule has 0 saturated carbocycles. The first-order valence-electron chi connectivity index (χ1n) is 6.44. The predicted octanol–water partition coefficient (Wildman–Crippen LogP) is 3.30. The SMILES string of the molecule is O=C(C[n+]1ccc(S)c2ccccc21)c1ccccc1. The first-order valence-corrected chi connectivity index (χ1v) is 6.89. The van der Waals surface area contributed by atoms with Crippen LogP contribution in [-0.2, 0) is 6.54 Å². The number of carbonyl (C=O) groups excluding carboxylic acids is 1. The summed E-state index contributed by atoms with van der Waals surface area (Å²) in [6.07, 6.45) is 1.91. The summed E-state index contributed by atoms with van der Waals surface area (Å²) in [5.41, 5.74) is 1.75. The van der Waals surface area contributed by atoms with E-state index in [1.807, 2.05) is 71.4 Å². The van der Waals surface area contributed by atoms with Crippen molar-refractivity contribution in [3.63, 3.8) is 0 Å². The summed E-state index contributed by atoms with van der Waals surface area (Å²) >= 11 is 4.46. The van der Waals surface area contributed by atoms with Crippen molar-refractivity contribution in [3.05, 3.63) is 72.4 Å². The van der Waals surface area contributed by atoms with E-state index in [-0.39, 0.29) is 5.78 Å². The zero-order valence-electron chi connectivity index (χ0n) is 10.9. The molecule has 0 bridgehead atoms. The molecule has 0 saturated heterocycles. The Hall–Kier alpha value is -2.13. The van der Waals surface area contributed by atoms with Crippen molar-refractivity contribution < 1.29 is 9.36 Å². The topological polar surface area (TPSA) is 20.9 Å². The van der Waals surface area contributed by atoms with Gasteiger partial charge in [0.2, 0.25) is 17.8 Å². The zero-order valence-corrected chi connectivity index (χ0v) is 11.8. The lowest BCUT2D eigenvalue weighted by Crippen LogP contribution is -2.38. The van der Waals surface area contributed by atoms with Crippen molar-refractivity contribution in [2.45, 2.75) is 11.4 Å². The lowest BCUT2D eigenvalue weighted by atomic mass is 10.1. The van der Waals surface area contributed by atoms with Gasteiger partial charge in [-0.05, 0) is 6.07 Å². The number of Topliss-reactive ketones (excluding diaryl/α,β-unsaturated/α-hetero) is 1. The molecule has 0 unspecified atom stereocenters. The van der Waals surface area contributed by atoms with Gasteiger partial charge in [0.25, 0.3) is 0 Å². The molecule has 20 heavy (non-hydrogen) atoms. The van der Waals surface area contributed by atoms with Gasteiger partial charge < -0.3 is 0 Å². The average Bonchev–Trinajstić information content (AvgIpc) is 2.51. The van der Waals surface area contributed by atoms with E-state index >= 15 is 0 Å². The maximum atomic E-state index is 12.3. The van der Waals surface area contributed by atoms with Crippen LogP contribution in [0.25, 0.3) is 10.9 Å². The van der Waals surface area contributed by atoms with Crippen LogP contribution in [0.3, 0.4) is 0 Å². The minimum absolute atomic E-state index is 0.104. The van der Waals surface area contributed by atoms with Crippen molar-refractivity contribution in [2.24, 2.45) is 0 Å². The van der Waals surface area contributed by atoms with Crippen molar-refractivity contribution in [3.8, 4) is 0 Å². The number of thiol groups is 1. The van der Waals surface area contributed by atoms with Gasteiger partial charge in [-0.3, -0.25) is 4.79 Å². The molecule has 0 aliphatic heterocycles. The maximum Gasteiger partial charge on any atom is 0.227 e. The number of rotatable bonds is 3. The van der Waals surface area contributed by atoms with E-state index in [2.05, 4.69) is 12.6 Å². The van der Waals surface area contributed by atoms with E-state index in [0.717, 1.165) is 21.4 Å². The Kier molecular flexibility index (Phi) is 3.52. The molecule has 0 N–H and O–H groups in total. The highest BCUT2D eigenvalue weighted by molar-refractivity contribution is 7.80. The predicted molar refractivity (Wildman–Crippen MR) is 82.2 cm³/mol. The molecule has 3 heteroatoms. The molecule has 3 aromatic rings. The second-order valence-corrected chi connectivity index (χ2v) is 5.12. The Morgan fingerprint density at radius 1 is 0.950 bits per heavy atom. The number of aromatic nitrogens is 1. The van der Waals surface area contributed by atoms with Crippen molar-refractivity contribution in [2.75, 3.05) is 0 Å². The number of benzene rings is 2. The molecule has 0 aliphatic rings. The van der Waals surface area contributed by atoms with E-state index in [1.165, 1.54) is 0 Å². The van der Waals surface area contributed by atoms with E-state index < -0.39 is 0 Å². The summed E-state index contributed by atoms with van der Waals surface area (Å²) in [6, 6.07) is 19.3. The zero-order chi connectivity index (χ0) is 13.9. The van der Waals surface area contributed by atoms with Crippen LogP contribution in [0.5, 0.6) is 0 Å². The largest absolute Gasteiger partial charge is 0.287 e. The molecule has 2 aromatic carbocycles. The Bertz CT molecular complexity index is 768. The Balaban J connectivity index is 2.00. The third kappa shape index (κ3) is 2.45. The lowest BCUT2D eigenvalue weighted by molar-refractivity contribution is -0.657. The first-order chi connectivity index (χ1) is 9.75. The second-order valence-electron chi connectivity index (χ2n) is 4.64. The van der Waals surface area contributed by atoms with Gasteiger partial charge in [0.05, 0.1) is 5.39 Å². The van der Waals surface area contributed by atoms with Crippen LogP contribution in [0, 0.1) is 0 Å². The second kappa shape index (κ2) is 5.47. The molecule has 1 aromatic heterocycles. The highest BCUT2D eigenvalue weighted by Crippen LogP contribution is 2.18. The number of carbonyl (C=O) groups is 1. The van der Waals surface area contributed by atoms with Gasteiger partial charge >= 0.3 is 0 Å². The highest BCUT2D eigenvalue weighted by atomic mass is 32.1. The summed E-state index contributed by atoms with van der Waals surface area (Å²) in [4.78, 5) is 13.2. The molecule has 0 fully saturated rings. The fraction of sp³-hybridized carbons (Fsp3) is 0.0588.